The van der Waals surface area contributed by atoms with Crippen molar-refractivity contribution >= 4 is 0 Å². The number of hydrogen-bond acceptors (Lipinski definition) is 2. The monoisotopic (exact) mass is 276 g/mol. The van der Waals surface area contributed by atoms with Crippen molar-refractivity contribution < 1.29 is 9.47 Å². The van der Waals surface area contributed by atoms with E-state index in [2.05, 4.69) is 39.8 Å². The Bertz CT molecular complexity index is 435. The molecule has 0 aliphatic carbocycles. The van der Waals surface area contributed by atoms with Gasteiger partial charge in [0.25, 0.3) is 0 Å². The molecule has 2 atom stereocenters. The molecule has 0 amide bonds. The van der Waals surface area contributed by atoms with Crippen molar-refractivity contribution in [3.05, 3.63) is 29.8 Å². The van der Waals surface area contributed by atoms with Crippen LogP contribution < -0.4 is 4.74 Å². The van der Waals surface area contributed by atoms with E-state index in [4.69, 9.17) is 9.47 Å². The van der Waals surface area contributed by atoms with Crippen LogP contribution in [0, 0.1) is 5.41 Å². The molecule has 2 unspecified atom stereocenters. The molecule has 2 nitrogen and oxygen atoms in total. The van der Waals surface area contributed by atoms with E-state index in [1.165, 1.54) is 31.2 Å². The van der Waals surface area contributed by atoms with Crippen LogP contribution >= 0.6 is 0 Å². The normalized spacial score (nSPS) is 27.9. The van der Waals surface area contributed by atoms with Crippen molar-refractivity contribution in [3.8, 4) is 5.75 Å². The number of rotatable bonds is 6. The van der Waals surface area contributed by atoms with Crippen LogP contribution in [0.25, 0.3) is 0 Å². The van der Waals surface area contributed by atoms with Crippen LogP contribution in [0.15, 0.2) is 24.3 Å². The number of benzene rings is 1. The van der Waals surface area contributed by atoms with Crippen molar-refractivity contribution in [1.29, 1.82) is 0 Å². The second kappa shape index (κ2) is 5.77. The molecule has 20 heavy (non-hydrogen) atoms. The van der Waals surface area contributed by atoms with Crippen molar-refractivity contribution in [2.45, 2.75) is 65.1 Å². The summed E-state index contributed by atoms with van der Waals surface area (Å²) in [5.74, 6) is 0.897. The topological polar surface area (TPSA) is 18.5 Å². The van der Waals surface area contributed by atoms with Crippen molar-refractivity contribution in [2.75, 3.05) is 7.11 Å². The zero-order chi connectivity index (χ0) is 14.8. The molecule has 1 aliphatic heterocycles. The SMILES string of the molecule is CCCCCC1OC(C)(c2ccc(OC)cc2)C1(C)C. The van der Waals surface area contributed by atoms with Crippen LogP contribution in [-0.2, 0) is 10.3 Å². The molecule has 1 saturated heterocycles. The van der Waals surface area contributed by atoms with Gasteiger partial charge >= 0.3 is 0 Å². The molecule has 0 saturated carbocycles. The summed E-state index contributed by atoms with van der Waals surface area (Å²) < 4.78 is 11.5. The van der Waals surface area contributed by atoms with Gasteiger partial charge in [-0.05, 0) is 31.0 Å². The van der Waals surface area contributed by atoms with E-state index in [-0.39, 0.29) is 11.0 Å². The Labute approximate surface area is 123 Å². The highest BCUT2D eigenvalue weighted by molar-refractivity contribution is 5.34. The Kier molecular flexibility index (Phi) is 4.43. The van der Waals surface area contributed by atoms with Gasteiger partial charge in [0, 0.05) is 5.41 Å². The Balaban J connectivity index is 2.08. The van der Waals surface area contributed by atoms with E-state index in [1.807, 2.05) is 12.1 Å². The van der Waals surface area contributed by atoms with Crippen LogP contribution in [0.3, 0.4) is 0 Å². The molecule has 0 N–H and O–H groups in total. The minimum atomic E-state index is -0.184. The first-order valence-corrected chi connectivity index (χ1v) is 7.78. The summed E-state index contributed by atoms with van der Waals surface area (Å²) in [7, 11) is 1.70. The molecule has 1 aromatic carbocycles. The molecule has 1 heterocycles. The summed E-state index contributed by atoms with van der Waals surface area (Å²) >= 11 is 0. The predicted molar refractivity (Wildman–Crippen MR) is 83.1 cm³/mol. The van der Waals surface area contributed by atoms with Gasteiger partial charge in [0.2, 0.25) is 0 Å². The summed E-state index contributed by atoms with van der Waals surface area (Å²) in [5.41, 5.74) is 1.24. The molecule has 1 aliphatic rings. The fourth-order valence-electron chi connectivity index (χ4n) is 3.18. The van der Waals surface area contributed by atoms with E-state index >= 15 is 0 Å². The standard InChI is InChI=1S/C18H28O2/c1-6-7-8-9-16-17(2,3)18(4,20-16)14-10-12-15(19-5)13-11-14/h10-13,16H,6-9H2,1-5H3. The third kappa shape index (κ3) is 2.46. The summed E-state index contributed by atoms with van der Waals surface area (Å²) in [5, 5.41) is 0. The van der Waals surface area contributed by atoms with Crippen LogP contribution in [-0.4, -0.2) is 13.2 Å². The number of methoxy groups -OCH3 is 1. The lowest BCUT2D eigenvalue weighted by Gasteiger charge is -2.60. The van der Waals surface area contributed by atoms with E-state index in [9.17, 15) is 0 Å². The van der Waals surface area contributed by atoms with E-state index in [0.29, 0.717) is 6.10 Å². The van der Waals surface area contributed by atoms with E-state index in [0.717, 1.165) is 5.75 Å². The molecule has 2 rings (SSSR count). The largest absolute Gasteiger partial charge is 0.497 e. The Hall–Kier alpha value is -1.02. The van der Waals surface area contributed by atoms with Gasteiger partial charge in [-0.25, -0.2) is 0 Å². The average Bonchev–Trinajstić information content (AvgIpc) is 2.46. The number of unbranched alkanes of at least 4 members (excludes halogenated alkanes) is 2. The molecule has 0 aromatic heterocycles. The molecule has 0 spiro atoms. The smallest absolute Gasteiger partial charge is 0.118 e. The molecule has 112 valence electrons. The van der Waals surface area contributed by atoms with Gasteiger partial charge in [0.05, 0.1) is 18.8 Å². The zero-order valence-electron chi connectivity index (χ0n) is 13.5. The maximum absolute atomic E-state index is 6.31. The third-order valence-corrected chi connectivity index (χ3v) is 5.12. The summed E-state index contributed by atoms with van der Waals surface area (Å²) in [4.78, 5) is 0. The predicted octanol–water partition coefficient (Wildman–Crippen LogP) is 4.92. The maximum atomic E-state index is 6.31. The maximum Gasteiger partial charge on any atom is 0.118 e. The van der Waals surface area contributed by atoms with E-state index in [1.54, 1.807) is 7.11 Å². The lowest BCUT2D eigenvalue weighted by atomic mass is 9.62. The molecule has 0 bridgehead atoms. The lowest BCUT2D eigenvalue weighted by molar-refractivity contribution is -0.309. The fraction of sp³-hybridized carbons (Fsp3) is 0.667. The van der Waals surface area contributed by atoms with Crippen molar-refractivity contribution in [2.24, 2.45) is 5.41 Å². The van der Waals surface area contributed by atoms with Crippen molar-refractivity contribution in [3.63, 3.8) is 0 Å². The lowest BCUT2D eigenvalue weighted by Crippen LogP contribution is -2.62. The van der Waals surface area contributed by atoms with Crippen molar-refractivity contribution in [1.82, 2.24) is 0 Å². The number of ether oxygens (including phenoxy) is 2. The first-order valence-electron chi connectivity index (χ1n) is 7.78. The van der Waals surface area contributed by atoms with Crippen LogP contribution in [0.2, 0.25) is 0 Å². The second-order valence-corrected chi connectivity index (χ2v) is 6.59. The molecular weight excluding hydrogens is 248 g/mol. The fourth-order valence-corrected chi connectivity index (χ4v) is 3.18. The van der Waals surface area contributed by atoms with Crippen LogP contribution in [0.4, 0.5) is 0 Å². The Morgan fingerprint density at radius 2 is 1.75 bits per heavy atom. The molecule has 2 heteroatoms. The highest BCUT2D eigenvalue weighted by Gasteiger charge is 2.58. The summed E-state index contributed by atoms with van der Waals surface area (Å²) in [6.07, 6.45) is 5.38. The third-order valence-electron chi connectivity index (χ3n) is 5.12. The average molecular weight is 276 g/mol. The minimum Gasteiger partial charge on any atom is -0.497 e. The van der Waals surface area contributed by atoms with Gasteiger partial charge in [-0.3, -0.25) is 0 Å². The van der Waals surface area contributed by atoms with Gasteiger partial charge in [0.1, 0.15) is 5.75 Å². The van der Waals surface area contributed by atoms with Gasteiger partial charge in [-0.15, -0.1) is 0 Å². The highest BCUT2D eigenvalue weighted by atomic mass is 16.5. The zero-order valence-corrected chi connectivity index (χ0v) is 13.5. The molecular formula is C18H28O2. The van der Waals surface area contributed by atoms with Crippen LogP contribution in [0.5, 0.6) is 5.75 Å². The summed E-state index contributed by atoms with van der Waals surface area (Å²) in [6.45, 7) is 9.12. The first-order chi connectivity index (χ1) is 9.45. The highest BCUT2D eigenvalue weighted by Crippen LogP contribution is 2.57. The van der Waals surface area contributed by atoms with Crippen LogP contribution in [0.1, 0.15) is 58.9 Å². The first kappa shape index (κ1) is 15.4. The second-order valence-electron chi connectivity index (χ2n) is 6.59. The van der Waals surface area contributed by atoms with Gasteiger partial charge in [0.15, 0.2) is 0 Å². The number of hydrogen-bond donors (Lipinski definition) is 0. The quantitative estimate of drug-likeness (QED) is 0.687. The summed E-state index contributed by atoms with van der Waals surface area (Å²) in [6, 6.07) is 8.29. The van der Waals surface area contributed by atoms with E-state index < -0.39 is 0 Å². The Morgan fingerprint density at radius 1 is 1.10 bits per heavy atom. The van der Waals surface area contributed by atoms with Gasteiger partial charge in [-0.2, -0.15) is 0 Å². The minimum absolute atomic E-state index is 0.176. The van der Waals surface area contributed by atoms with Gasteiger partial charge in [-0.1, -0.05) is 52.2 Å². The Morgan fingerprint density at radius 3 is 2.25 bits per heavy atom. The molecule has 0 radical (unpaired) electrons. The molecule has 1 aromatic rings. The van der Waals surface area contributed by atoms with Gasteiger partial charge < -0.3 is 9.47 Å². The molecule has 1 fully saturated rings.